The molecule has 0 spiro atoms. The zero-order valence-electron chi connectivity index (χ0n) is 26.8. The summed E-state index contributed by atoms with van der Waals surface area (Å²) in [5, 5.41) is 10.4. The molecular formula is C38H29N5O8. The summed E-state index contributed by atoms with van der Waals surface area (Å²) in [5.74, 6) is -2.87. The molecule has 0 aliphatic carbocycles. The number of fused-ring (bicyclic) bond motifs is 1. The summed E-state index contributed by atoms with van der Waals surface area (Å²) >= 11 is 0. The Morgan fingerprint density at radius 1 is 0.647 bits per heavy atom. The predicted octanol–water partition coefficient (Wildman–Crippen LogP) is 4.65. The van der Waals surface area contributed by atoms with Crippen LogP contribution >= 0.6 is 0 Å². The fourth-order valence-corrected chi connectivity index (χ4v) is 5.77. The summed E-state index contributed by atoms with van der Waals surface area (Å²) in [5.41, 5.74) is 1.08. The minimum Gasteiger partial charge on any atom is -0.452 e. The average molecular weight is 684 g/mol. The van der Waals surface area contributed by atoms with Crippen LogP contribution in [0.3, 0.4) is 0 Å². The summed E-state index contributed by atoms with van der Waals surface area (Å²) in [4.78, 5) is 68.8. The van der Waals surface area contributed by atoms with Crippen molar-refractivity contribution in [2.75, 3.05) is 11.5 Å². The van der Waals surface area contributed by atoms with Crippen molar-refractivity contribution in [1.29, 1.82) is 0 Å². The summed E-state index contributed by atoms with van der Waals surface area (Å²) in [6, 6.07) is 32.9. The number of rotatable bonds is 9. The number of hydrogen-bond acceptors (Lipinski definition) is 11. The van der Waals surface area contributed by atoms with Crippen molar-refractivity contribution in [1.82, 2.24) is 19.5 Å². The van der Waals surface area contributed by atoms with Gasteiger partial charge in [0.2, 0.25) is 0 Å². The van der Waals surface area contributed by atoms with Crippen LogP contribution < -0.4 is 4.90 Å². The molecule has 7 rings (SSSR count). The van der Waals surface area contributed by atoms with Crippen LogP contribution in [0.25, 0.3) is 11.2 Å². The van der Waals surface area contributed by atoms with E-state index in [1.54, 1.807) is 121 Å². The van der Waals surface area contributed by atoms with Crippen LogP contribution in [0.15, 0.2) is 134 Å². The second-order valence-electron chi connectivity index (χ2n) is 11.4. The number of imide groups is 1. The van der Waals surface area contributed by atoms with Crippen molar-refractivity contribution >= 4 is 40.7 Å². The second-order valence-corrected chi connectivity index (χ2v) is 11.4. The molecule has 6 aromatic rings. The highest BCUT2D eigenvalue weighted by Gasteiger charge is 2.51. The molecule has 1 N–H and O–H groups in total. The Balaban J connectivity index is 1.31. The largest absolute Gasteiger partial charge is 0.452 e. The highest BCUT2D eigenvalue weighted by Crippen LogP contribution is 2.37. The van der Waals surface area contributed by atoms with E-state index in [4.69, 9.17) is 14.2 Å². The van der Waals surface area contributed by atoms with E-state index in [0.29, 0.717) is 0 Å². The zero-order valence-corrected chi connectivity index (χ0v) is 26.8. The van der Waals surface area contributed by atoms with Crippen molar-refractivity contribution in [3.63, 3.8) is 0 Å². The van der Waals surface area contributed by atoms with Crippen LogP contribution in [0.1, 0.15) is 47.7 Å². The number of nitrogens with zero attached hydrogens (tertiary/aromatic N) is 5. The normalized spacial score (nSPS) is 18.2. The smallest absolute Gasteiger partial charge is 0.338 e. The molecule has 1 saturated heterocycles. The van der Waals surface area contributed by atoms with E-state index in [9.17, 15) is 24.3 Å². The number of aliphatic hydroxyl groups excluding tert-OH is 1. The summed E-state index contributed by atoms with van der Waals surface area (Å²) in [7, 11) is 0. The van der Waals surface area contributed by atoms with Gasteiger partial charge in [-0.25, -0.2) is 29.4 Å². The third kappa shape index (κ3) is 6.58. The number of aliphatic hydroxyl groups is 1. The molecule has 2 amide bonds. The number of carbonyl (C=O) groups excluding carboxylic acids is 4. The number of aromatic nitrogens is 4. The minimum atomic E-state index is -1.31. The van der Waals surface area contributed by atoms with Gasteiger partial charge in [0.1, 0.15) is 12.4 Å². The van der Waals surface area contributed by atoms with Gasteiger partial charge in [0.05, 0.1) is 24.1 Å². The van der Waals surface area contributed by atoms with Crippen LogP contribution in [0.2, 0.25) is 0 Å². The van der Waals surface area contributed by atoms with E-state index in [1.807, 2.05) is 0 Å². The molecule has 0 saturated carbocycles. The quantitative estimate of drug-likeness (QED) is 0.167. The Labute approximate surface area is 290 Å². The molecule has 254 valence electrons. The number of hydrogen-bond donors (Lipinski definition) is 1. The van der Waals surface area contributed by atoms with E-state index in [1.165, 1.54) is 10.9 Å². The van der Waals surface area contributed by atoms with Gasteiger partial charge in [0, 0.05) is 11.1 Å². The fraction of sp³-hybridized carbons (Fsp3) is 0.132. The third-order valence-corrected chi connectivity index (χ3v) is 8.24. The molecule has 1 aliphatic rings. The first-order valence-corrected chi connectivity index (χ1v) is 15.9. The van der Waals surface area contributed by atoms with Gasteiger partial charge in [-0.2, -0.15) is 0 Å². The number of imidazole rings is 1. The van der Waals surface area contributed by atoms with Crippen molar-refractivity contribution in [2.45, 2.75) is 24.5 Å². The molecule has 51 heavy (non-hydrogen) atoms. The molecule has 3 heterocycles. The molecule has 2 aromatic heterocycles. The molecule has 0 radical (unpaired) electrons. The molecule has 0 bridgehead atoms. The molecule has 13 heteroatoms. The van der Waals surface area contributed by atoms with Crippen molar-refractivity contribution < 1.29 is 38.5 Å². The number of carbonyl (C=O) groups is 4. The third-order valence-electron chi connectivity index (χ3n) is 8.24. The van der Waals surface area contributed by atoms with E-state index in [-0.39, 0.29) is 39.2 Å². The van der Waals surface area contributed by atoms with Crippen LogP contribution in [-0.2, 0) is 14.2 Å². The lowest BCUT2D eigenvalue weighted by atomic mass is 10.1. The first-order valence-electron chi connectivity index (χ1n) is 15.9. The van der Waals surface area contributed by atoms with E-state index in [2.05, 4.69) is 15.0 Å². The van der Waals surface area contributed by atoms with Crippen molar-refractivity contribution in [2.24, 2.45) is 0 Å². The first kappa shape index (κ1) is 33.0. The number of benzene rings is 4. The first-order chi connectivity index (χ1) is 24.9. The molecule has 1 fully saturated rings. The SMILES string of the molecule is O=C(O[C@H]1[C@H](OC(=O)c2ccccc2)[C@@H](CO)O[C@H]1n1cnc2c(N(C(=O)c3ccccc3)C(=O)c3ccccc3)ncnc21)c1ccccc1. The Hall–Kier alpha value is -6.57. The molecular weight excluding hydrogens is 654 g/mol. The molecule has 0 unspecified atom stereocenters. The minimum absolute atomic E-state index is 0.0491. The maximum Gasteiger partial charge on any atom is 0.338 e. The maximum absolute atomic E-state index is 14.0. The van der Waals surface area contributed by atoms with E-state index < -0.39 is 54.9 Å². The van der Waals surface area contributed by atoms with Gasteiger partial charge in [0.15, 0.2) is 35.4 Å². The maximum atomic E-state index is 14.0. The lowest BCUT2D eigenvalue weighted by molar-refractivity contribution is -0.0566. The van der Waals surface area contributed by atoms with Gasteiger partial charge in [-0.05, 0) is 48.5 Å². The highest BCUT2D eigenvalue weighted by atomic mass is 16.6. The highest BCUT2D eigenvalue weighted by molar-refractivity contribution is 6.27. The average Bonchev–Trinajstić information content (AvgIpc) is 3.77. The van der Waals surface area contributed by atoms with Gasteiger partial charge in [-0.15, -0.1) is 0 Å². The van der Waals surface area contributed by atoms with Crippen molar-refractivity contribution in [3.05, 3.63) is 156 Å². The van der Waals surface area contributed by atoms with Crippen LogP contribution in [0.5, 0.6) is 0 Å². The Morgan fingerprint density at radius 3 is 1.61 bits per heavy atom. The van der Waals surface area contributed by atoms with E-state index >= 15 is 0 Å². The monoisotopic (exact) mass is 683 g/mol. The summed E-state index contributed by atoms with van der Waals surface area (Å²) in [6.45, 7) is -0.597. The zero-order chi connectivity index (χ0) is 35.3. The van der Waals surface area contributed by atoms with Crippen molar-refractivity contribution in [3.8, 4) is 0 Å². The molecule has 4 aromatic carbocycles. The summed E-state index contributed by atoms with van der Waals surface area (Å²) < 4.78 is 19.4. The topological polar surface area (TPSA) is 163 Å². The van der Waals surface area contributed by atoms with Crippen LogP contribution in [0, 0.1) is 0 Å². The Kier molecular flexibility index (Phi) is 9.37. The number of amides is 2. The second kappa shape index (κ2) is 14.5. The lowest BCUT2D eigenvalue weighted by Crippen LogP contribution is -2.40. The number of ether oxygens (including phenoxy) is 3. The standard InChI is InChI=1S/C38H29N5O8/c44-21-28-30(50-37(47)26-17-9-3-10-18-26)31(51-38(48)27-19-11-4-12-20-27)36(49-28)42-23-41-29-32(42)39-22-40-33(29)43(34(45)24-13-5-1-6-14-24)35(46)25-15-7-2-8-16-25/h1-20,22-23,28,30-31,36,44H,21H2/t28-,30-,31+,36-/m1/s1. The van der Waals surface area contributed by atoms with Gasteiger partial charge in [0.25, 0.3) is 11.8 Å². The van der Waals surface area contributed by atoms with Gasteiger partial charge >= 0.3 is 11.9 Å². The number of anilines is 1. The lowest BCUT2D eigenvalue weighted by Gasteiger charge is -2.25. The predicted molar refractivity (Wildman–Crippen MR) is 182 cm³/mol. The van der Waals surface area contributed by atoms with Gasteiger partial charge in [-0.1, -0.05) is 72.8 Å². The van der Waals surface area contributed by atoms with E-state index in [0.717, 1.165) is 11.2 Å². The van der Waals surface area contributed by atoms with Gasteiger partial charge in [-0.3, -0.25) is 14.2 Å². The Morgan fingerprint density at radius 2 is 1.12 bits per heavy atom. The molecule has 13 nitrogen and oxygen atoms in total. The molecule has 1 aliphatic heterocycles. The Bertz CT molecular complexity index is 2130. The fourth-order valence-electron chi connectivity index (χ4n) is 5.77. The van der Waals surface area contributed by atoms with Crippen LogP contribution in [-0.4, -0.2) is 73.3 Å². The summed E-state index contributed by atoms with van der Waals surface area (Å²) in [6.07, 6.45) is -2.47. The van der Waals surface area contributed by atoms with Gasteiger partial charge < -0.3 is 19.3 Å². The number of esters is 2. The molecule has 4 atom stereocenters. The van der Waals surface area contributed by atoms with Crippen LogP contribution in [0.4, 0.5) is 5.82 Å².